The third-order valence-electron chi connectivity index (χ3n) is 5.00. The monoisotopic (exact) mass is 419 g/mol. The number of halogens is 1. The standard InChI is InChI=1S/C23H22FN5O2/c1-14-9-19-18(21(25)30)7-4-8-20(19)29(14)23-27-12-16(13-31-2)22(28-23)26-11-15-5-3-6-17(24)10-15/h3-10,12H,11,13H2,1-2H3,(H2,25,30)(H,26,27,28). The zero-order valence-electron chi connectivity index (χ0n) is 17.2. The lowest BCUT2D eigenvalue weighted by Crippen LogP contribution is -2.12. The number of aromatic nitrogens is 3. The maximum Gasteiger partial charge on any atom is 0.249 e. The highest BCUT2D eigenvalue weighted by atomic mass is 19.1. The van der Waals surface area contributed by atoms with Gasteiger partial charge in [-0.15, -0.1) is 0 Å². The molecule has 0 unspecified atom stereocenters. The van der Waals surface area contributed by atoms with Crippen molar-refractivity contribution in [1.29, 1.82) is 0 Å². The van der Waals surface area contributed by atoms with Crippen LogP contribution in [0.1, 0.15) is 27.2 Å². The fourth-order valence-electron chi connectivity index (χ4n) is 3.60. The Balaban J connectivity index is 1.76. The number of carbonyl (C=O) groups excluding carboxylic acids is 1. The Kier molecular flexibility index (Phi) is 5.64. The van der Waals surface area contributed by atoms with E-state index in [9.17, 15) is 9.18 Å². The molecule has 3 N–H and O–H groups in total. The van der Waals surface area contributed by atoms with Crippen LogP contribution in [0.5, 0.6) is 0 Å². The molecular weight excluding hydrogens is 397 g/mol. The van der Waals surface area contributed by atoms with Gasteiger partial charge in [-0.1, -0.05) is 18.2 Å². The number of primary amides is 1. The van der Waals surface area contributed by atoms with Crippen LogP contribution < -0.4 is 11.1 Å². The van der Waals surface area contributed by atoms with Gasteiger partial charge >= 0.3 is 0 Å². The summed E-state index contributed by atoms with van der Waals surface area (Å²) in [5.41, 5.74) is 9.18. The van der Waals surface area contributed by atoms with Crippen molar-refractivity contribution >= 4 is 22.6 Å². The Bertz CT molecular complexity index is 1270. The average molecular weight is 419 g/mol. The van der Waals surface area contributed by atoms with Gasteiger partial charge in [-0.05, 0) is 42.8 Å². The lowest BCUT2D eigenvalue weighted by Gasteiger charge is -2.14. The molecular formula is C23H22FN5O2. The van der Waals surface area contributed by atoms with Gasteiger partial charge in [-0.25, -0.2) is 9.37 Å². The van der Waals surface area contributed by atoms with Crippen LogP contribution in [-0.2, 0) is 17.9 Å². The van der Waals surface area contributed by atoms with Crippen LogP contribution in [0.4, 0.5) is 10.2 Å². The van der Waals surface area contributed by atoms with Crippen molar-refractivity contribution in [2.24, 2.45) is 5.73 Å². The number of anilines is 1. The number of ether oxygens (including phenoxy) is 1. The third-order valence-corrected chi connectivity index (χ3v) is 5.00. The molecule has 0 radical (unpaired) electrons. The van der Waals surface area contributed by atoms with Gasteiger partial charge < -0.3 is 15.8 Å². The molecule has 0 aliphatic heterocycles. The number of aryl methyl sites for hydroxylation is 1. The zero-order valence-corrected chi connectivity index (χ0v) is 17.2. The highest BCUT2D eigenvalue weighted by Gasteiger charge is 2.16. The second kappa shape index (κ2) is 8.53. The second-order valence-corrected chi connectivity index (χ2v) is 7.18. The summed E-state index contributed by atoms with van der Waals surface area (Å²) in [5.74, 6) is 0.246. The molecule has 7 nitrogen and oxygen atoms in total. The van der Waals surface area contributed by atoms with Crippen molar-refractivity contribution in [3.05, 3.63) is 82.9 Å². The second-order valence-electron chi connectivity index (χ2n) is 7.18. The first-order valence-corrected chi connectivity index (χ1v) is 9.72. The molecule has 0 atom stereocenters. The molecule has 4 rings (SSSR count). The van der Waals surface area contributed by atoms with Crippen LogP contribution in [0.15, 0.2) is 54.7 Å². The van der Waals surface area contributed by atoms with Crippen molar-refractivity contribution in [1.82, 2.24) is 14.5 Å². The van der Waals surface area contributed by atoms with Crippen LogP contribution in [0, 0.1) is 12.7 Å². The summed E-state index contributed by atoms with van der Waals surface area (Å²) >= 11 is 0. The van der Waals surface area contributed by atoms with E-state index in [2.05, 4.69) is 10.3 Å². The molecule has 2 aromatic heterocycles. The summed E-state index contributed by atoms with van der Waals surface area (Å²) in [6, 6.07) is 13.6. The quantitative estimate of drug-likeness (QED) is 0.476. The summed E-state index contributed by atoms with van der Waals surface area (Å²) in [6.45, 7) is 2.63. The molecule has 0 aliphatic carbocycles. The first kappa shape index (κ1) is 20.5. The van der Waals surface area contributed by atoms with Crippen molar-refractivity contribution in [2.75, 3.05) is 12.4 Å². The van der Waals surface area contributed by atoms with Crippen LogP contribution in [0.3, 0.4) is 0 Å². The molecule has 1 amide bonds. The molecule has 31 heavy (non-hydrogen) atoms. The Morgan fingerprint density at radius 3 is 2.77 bits per heavy atom. The van der Waals surface area contributed by atoms with Gasteiger partial charge in [0.15, 0.2) is 0 Å². The lowest BCUT2D eigenvalue weighted by atomic mass is 10.1. The fourth-order valence-corrected chi connectivity index (χ4v) is 3.60. The van der Waals surface area contributed by atoms with Crippen LogP contribution in [0.2, 0.25) is 0 Å². The number of nitrogens with two attached hydrogens (primary N) is 1. The Labute approximate surface area is 178 Å². The smallest absolute Gasteiger partial charge is 0.249 e. The number of hydrogen-bond acceptors (Lipinski definition) is 5. The minimum Gasteiger partial charge on any atom is -0.380 e. The number of nitrogens with one attached hydrogen (secondary N) is 1. The summed E-state index contributed by atoms with van der Waals surface area (Å²) < 4.78 is 20.7. The predicted octanol–water partition coefficient (Wildman–Crippen LogP) is 3.73. The highest BCUT2D eigenvalue weighted by Crippen LogP contribution is 2.26. The minimum absolute atomic E-state index is 0.292. The van der Waals surface area contributed by atoms with Crippen molar-refractivity contribution in [3.8, 4) is 5.95 Å². The van der Waals surface area contributed by atoms with E-state index in [-0.39, 0.29) is 5.82 Å². The molecule has 8 heteroatoms. The van der Waals surface area contributed by atoms with E-state index in [4.69, 9.17) is 15.5 Å². The largest absolute Gasteiger partial charge is 0.380 e. The van der Waals surface area contributed by atoms with Crippen molar-refractivity contribution in [3.63, 3.8) is 0 Å². The van der Waals surface area contributed by atoms with E-state index in [1.165, 1.54) is 12.1 Å². The number of fused-ring (bicyclic) bond motifs is 1. The van der Waals surface area contributed by atoms with Crippen molar-refractivity contribution < 1.29 is 13.9 Å². The first-order chi connectivity index (χ1) is 15.0. The number of carbonyl (C=O) groups is 1. The molecule has 0 spiro atoms. The summed E-state index contributed by atoms with van der Waals surface area (Å²) in [6.07, 6.45) is 1.70. The number of benzene rings is 2. The van der Waals surface area contributed by atoms with Crippen LogP contribution in [-0.4, -0.2) is 27.6 Å². The van der Waals surface area contributed by atoms with Crippen LogP contribution in [0.25, 0.3) is 16.9 Å². The maximum atomic E-state index is 13.5. The topological polar surface area (TPSA) is 95.1 Å². The summed E-state index contributed by atoms with van der Waals surface area (Å²) in [5, 5.41) is 4.00. The van der Waals surface area contributed by atoms with Gasteiger partial charge in [-0.2, -0.15) is 4.98 Å². The highest BCUT2D eigenvalue weighted by molar-refractivity contribution is 6.06. The van der Waals surface area contributed by atoms with E-state index in [0.29, 0.717) is 30.5 Å². The van der Waals surface area contributed by atoms with Gasteiger partial charge in [0.2, 0.25) is 11.9 Å². The normalized spacial score (nSPS) is 11.1. The van der Waals surface area contributed by atoms with Gasteiger partial charge in [0, 0.05) is 42.1 Å². The molecule has 158 valence electrons. The third kappa shape index (κ3) is 4.10. The Hall–Kier alpha value is -3.78. The molecule has 0 saturated carbocycles. The van der Waals surface area contributed by atoms with E-state index in [1.807, 2.05) is 29.7 Å². The molecule has 0 bridgehead atoms. The van der Waals surface area contributed by atoms with Gasteiger partial charge in [0.1, 0.15) is 11.6 Å². The van der Waals surface area contributed by atoms with E-state index in [1.54, 1.807) is 31.5 Å². The SMILES string of the molecule is COCc1cnc(-n2c(C)cc3c(C(N)=O)cccc32)nc1NCc1cccc(F)c1. The average Bonchev–Trinajstić information content (AvgIpc) is 3.09. The van der Waals surface area contributed by atoms with Gasteiger partial charge in [0.05, 0.1) is 12.1 Å². The zero-order chi connectivity index (χ0) is 22.0. The van der Waals surface area contributed by atoms with E-state index in [0.717, 1.165) is 27.7 Å². The van der Waals surface area contributed by atoms with E-state index < -0.39 is 5.91 Å². The predicted molar refractivity (Wildman–Crippen MR) is 117 cm³/mol. The number of amides is 1. The molecule has 0 fully saturated rings. The maximum absolute atomic E-state index is 13.5. The number of rotatable bonds is 7. The molecule has 2 heterocycles. The molecule has 4 aromatic rings. The van der Waals surface area contributed by atoms with Gasteiger partial charge in [-0.3, -0.25) is 9.36 Å². The summed E-state index contributed by atoms with van der Waals surface area (Å²) in [7, 11) is 1.60. The number of nitrogens with zero attached hydrogens (tertiary/aromatic N) is 3. The fraction of sp³-hybridized carbons (Fsp3) is 0.174. The summed E-state index contributed by atoms with van der Waals surface area (Å²) in [4.78, 5) is 21.0. The van der Waals surface area contributed by atoms with Crippen molar-refractivity contribution in [2.45, 2.75) is 20.1 Å². The van der Waals surface area contributed by atoms with E-state index >= 15 is 0 Å². The molecule has 2 aromatic carbocycles. The Morgan fingerprint density at radius 2 is 2.03 bits per heavy atom. The Morgan fingerprint density at radius 1 is 1.23 bits per heavy atom. The van der Waals surface area contributed by atoms with Gasteiger partial charge in [0.25, 0.3) is 0 Å². The number of methoxy groups -OCH3 is 1. The minimum atomic E-state index is -0.489. The van der Waals surface area contributed by atoms with Crippen LogP contribution >= 0.6 is 0 Å². The number of hydrogen-bond donors (Lipinski definition) is 2. The first-order valence-electron chi connectivity index (χ1n) is 9.72. The lowest BCUT2D eigenvalue weighted by molar-refractivity contribution is 0.100. The molecule has 0 aliphatic rings. The molecule has 0 saturated heterocycles.